The Kier molecular flexibility index (Phi) is 3.02. The van der Waals surface area contributed by atoms with Crippen LogP contribution in [0.5, 0.6) is 0 Å². The minimum Gasteiger partial charge on any atom is -0.332 e. The van der Waals surface area contributed by atoms with E-state index in [1.54, 1.807) is 6.92 Å². The highest BCUT2D eigenvalue weighted by molar-refractivity contribution is 7.89. The molecule has 0 fully saturated rings. The fraction of sp³-hybridized carbons (Fsp3) is 0.500. The standard InChI is InChI=1S/C6H12N4O2S/c1-5-8-4-6(10-5)13(11,12)9-3-2-7/h4,9H,2-3,7H2,1H3,(H,8,10). The van der Waals surface area contributed by atoms with Crippen molar-refractivity contribution in [1.82, 2.24) is 14.7 Å². The van der Waals surface area contributed by atoms with E-state index in [1.807, 2.05) is 0 Å². The number of nitrogens with one attached hydrogen (secondary N) is 2. The minimum atomic E-state index is -3.45. The van der Waals surface area contributed by atoms with Crippen LogP contribution in [0.4, 0.5) is 0 Å². The van der Waals surface area contributed by atoms with E-state index in [0.29, 0.717) is 5.82 Å². The van der Waals surface area contributed by atoms with Crippen molar-refractivity contribution < 1.29 is 8.42 Å². The number of imidazole rings is 1. The molecule has 0 saturated carbocycles. The van der Waals surface area contributed by atoms with Crippen LogP contribution in [-0.4, -0.2) is 31.5 Å². The number of nitrogens with zero attached hydrogens (tertiary/aromatic N) is 1. The van der Waals surface area contributed by atoms with Gasteiger partial charge in [-0.1, -0.05) is 0 Å². The van der Waals surface area contributed by atoms with Crippen LogP contribution in [0.15, 0.2) is 11.2 Å². The van der Waals surface area contributed by atoms with Crippen LogP contribution in [0.2, 0.25) is 0 Å². The van der Waals surface area contributed by atoms with E-state index in [0.717, 1.165) is 0 Å². The van der Waals surface area contributed by atoms with Crippen LogP contribution in [0, 0.1) is 6.92 Å². The van der Waals surface area contributed by atoms with E-state index in [9.17, 15) is 8.42 Å². The molecule has 7 heteroatoms. The van der Waals surface area contributed by atoms with Crippen molar-refractivity contribution in [2.24, 2.45) is 5.73 Å². The second-order valence-corrected chi connectivity index (χ2v) is 4.25. The van der Waals surface area contributed by atoms with Crippen molar-refractivity contribution in [3.8, 4) is 0 Å². The number of hydrogen-bond acceptors (Lipinski definition) is 4. The Hall–Kier alpha value is -0.920. The maximum Gasteiger partial charge on any atom is 0.257 e. The smallest absolute Gasteiger partial charge is 0.257 e. The Morgan fingerprint density at radius 3 is 2.85 bits per heavy atom. The lowest BCUT2D eigenvalue weighted by Crippen LogP contribution is -2.29. The molecule has 0 atom stereocenters. The van der Waals surface area contributed by atoms with Gasteiger partial charge in [-0.3, -0.25) is 0 Å². The molecule has 4 N–H and O–H groups in total. The van der Waals surface area contributed by atoms with Gasteiger partial charge in [-0.15, -0.1) is 0 Å². The third kappa shape index (κ3) is 2.51. The Bertz CT molecular complexity index is 370. The van der Waals surface area contributed by atoms with Gasteiger partial charge in [0.25, 0.3) is 10.0 Å². The van der Waals surface area contributed by atoms with Gasteiger partial charge in [0.05, 0.1) is 6.20 Å². The zero-order valence-electron chi connectivity index (χ0n) is 7.24. The lowest BCUT2D eigenvalue weighted by atomic mass is 10.7. The molecule has 1 aromatic heterocycles. The van der Waals surface area contributed by atoms with Crippen LogP contribution < -0.4 is 10.5 Å². The van der Waals surface area contributed by atoms with E-state index >= 15 is 0 Å². The summed E-state index contributed by atoms with van der Waals surface area (Å²) in [5.74, 6) is 0.563. The Morgan fingerprint density at radius 1 is 1.69 bits per heavy atom. The number of aromatic amines is 1. The molecule has 0 aliphatic heterocycles. The molecule has 1 aromatic rings. The number of sulfonamides is 1. The first-order chi connectivity index (χ1) is 6.06. The summed E-state index contributed by atoms with van der Waals surface area (Å²) in [5.41, 5.74) is 5.17. The fourth-order valence-electron chi connectivity index (χ4n) is 0.806. The molecule has 0 bridgehead atoms. The van der Waals surface area contributed by atoms with E-state index in [1.165, 1.54) is 6.20 Å². The second-order valence-electron chi connectivity index (χ2n) is 2.52. The zero-order valence-corrected chi connectivity index (χ0v) is 8.06. The van der Waals surface area contributed by atoms with Crippen molar-refractivity contribution in [3.05, 3.63) is 12.0 Å². The van der Waals surface area contributed by atoms with Gasteiger partial charge in [0.2, 0.25) is 0 Å². The normalized spacial score (nSPS) is 11.8. The number of nitrogens with two attached hydrogens (primary N) is 1. The summed E-state index contributed by atoms with van der Waals surface area (Å²) in [7, 11) is -3.45. The van der Waals surface area contributed by atoms with Crippen molar-refractivity contribution in [3.63, 3.8) is 0 Å². The van der Waals surface area contributed by atoms with Gasteiger partial charge < -0.3 is 10.7 Å². The molecule has 0 amide bonds. The summed E-state index contributed by atoms with van der Waals surface area (Å²) < 4.78 is 25.0. The molecule has 0 aromatic carbocycles. The summed E-state index contributed by atoms with van der Waals surface area (Å²) >= 11 is 0. The quantitative estimate of drug-likeness (QED) is 0.582. The predicted molar refractivity (Wildman–Crippen MR) is 47.6 cm³/mol. The van der Waals surface area contributed by atoms with E-state index in [-0.39, 0.29) is 18.1 Å². The number of H-pyrrole nitrogens is 1. The Labute approximate surface area is 76.6 Å². The summed E-state index contributed by atoms with van der Waals surface area (Å²) in [6, 6.07) is 0. The second kappa shape index (κ2) is 3.86. The highest BCUT2D eigenvalue weighted by atomic mass is 32.2. The van der Waals surface area contributed by atoms with Gasteiger partial charge in [-0.2, -0.15) is 0 Å². The van der Waals surface area contributed by atoms with Crippen LogP contribution in [0.3, 0.4) is 0 Å². The van der Waals surface area contributed by atoms with Gasteiger partial charge in [0.15, 0.2) is 5.03 Å². The molecule has 0 aliphatic carbocycles. The fourth-order valence-corrected chi connectivity index (χ4v) is 1.82. The van der Waals surface area contributed by atoms with E-state index in [2.05, 4.69) is 14.7 Å². The number of rotatable bonds is 4. The average molecular weight is 204 g/mol. The zero-order chi connectivity index (χ0) is 9.90. The molecular formula is C6H12N4O2S. The van der Waals surface area contributed by atoms with Gasteiger partial charge in [0.1, 0.15) is 5.82 Å². The molecule has 0 aliphatic rings. The first-order valence-electron chi connectivity index (χ1n) is 3.77. The minimum absolute atomic E-state index is 0.0680. The molecule has 0 unspecified atom stereocenters. The third-order valence-corrected chi connectivity index (χ3v) is 2.78. The molecule has 74 valence electrons. The highest BCUT2D eigenvalue weighted by Gasteiger charge is 2.14. The third-order valence-electron chi connectivity index (χ3n) is 1.41. The largest absolute Gasteiger partial charge is 0.332 e. The van der Waals surface area contributed by atoms with Crippen LogP contribution in [-0.2, 0) is 10.0 Å². The number of aryl methyl sites for hydroxylation is 1. The average Bonchev–Trinajstić information content (AvgIpc) is 2.49. The summed E-state index contributed by atoms with van der Waals surface area (Å²) in [5, 5.41) is 0.0680. The molecule has 0 saturated heterocycles. The molecular weight excluding hydrogens is 192 g/mol. The molecule has 0 radical (unpaired) electrons. The summed E-state index contributed by atoms with van der Waals surface area (Å²) in [6.07, 6.45) is 1.27. The molecule has 1 rings (SSSR count). The van der Waals surface area contributed by atoms with Crippen molar-refractivity contribution in [2.75, 3.05) is 13.1 Å². The van der Waals surface area contributed by atoms with Crippen LogP contribution in [0.1, 0.15) is 5.82 Å². The lowest BCUT2D eigenvalue weighted by Gasteiger charge is -2.01. The van der Waals surface area contributed by atoms with Crippen LogP contribution in [0.25, 0.3) is 0 Å². The lowest BCUT2D eigenvalue weighted by molar-refractivity contribution is 0.579. The number of aromatic nitrogens is 2. The highest BCUT2D eigenvalue weighted by Crippen LogP contribution is 2.03. The van der Waals surface area contributed by atoms with Crippen molar-refractivity contribution in [1.29, 1.82) is 0 Å². The molecule has 0 spiro atoms. The first kappa shape index (κ1) is 10.2. The van der Waals surface area contributed by atoms with Crippen LogP contribution >= 0.6 is 0 Å². The maximum absolute atomic E-state index is 11.4. The van der Waals surface area contributed by atoms with Gasteiger partial charge >= 0.3 is 0 Å². The summed E-state index contributed by atoms with van der Waals surface area (Å²) in [4.78, 5) is 6.41. The van der Waals surface area contributed by atoms with E-state index in [4.69, 9.17) is 5.73 Å². The van der Waals surface area contributed by atoms with Crippen molar-refractivity contribution in [2.45, 2.75) is 11.9 Å². The van der Waals surface area contributed by atoms with Gasteiger partial charge in [-0.25, -0.2) is 18.1 Å². The maximum atomic E-state index is 11.4. The number of hydrogen-bond donors (Lipinski definition) is 3. The van der Waals surface area contributed by atoms with E-state index < -0.39 is 10.0 Å². The monoisotopic (exact) mass is 204 g/mol. The Morgan fingerprint density at radius 2 is 2.38 bits per heavy atom. The predicted octanol–water partition coefficient (Wildman–Crippen LogP) is -1.04. The molecule has 1 heterocycles. The topological polar surface area (TPSA) is 101 Å². The molecule has 13 heavy (non-hydrogen) atoms. The van der Waals surface area contributed by atoms with Gasteiger partial charge in [-0.05, 0) is 6.92 Å². The SMILES string of the molecule is Cc1ncc(S(=O)(=O)NCCN)[nH]1. The van der Waals surface area contributed by atoms with Gasteiger partial charge in [0, 0.05) is 13.1 Å². The summed E-state index contributed by atoms with van der Waals surface area (Å²) in [6.45, 7) is 2.18. The molecule has 6 nitrogen and oxygen atoms in total. The Balaban J connectivity index is 2.82. The first-order valence-corrected chi connectivity index (χ1v) is 5.26. The van der Waals surface area contributed by atoms with Crippen molar-refractivity contribution >= 4 is 10.0 Å².